The van der Waals surface area contributed by atoms with E-state index in [0.717, 1.165) is 5.56 Å². The maximum absolute atomic E-state index is 12.8. The highest BCUT2D eigenvalue weighted by Crippen LogP contribution is 2.34. The van der Waals surface area contributed by atoms with Crippen molar-refractivity contribution >= 4 is 40.5 Å². The summed E-state index contributed by atoms with van der Waals surface area (Å²) in [5, 5.41) is 10.2. The van der Waals surface area contributed by atoms with Gasteiger partial charge in [0.05, 0.1) is 11.4 Å². The van der Waals surface area contributed by atoms with E-state index in [4.69, 9.17) is 21.2 Å². The Hall–Kier alpha value is -3.06. The van der Waals surface area contributed by atoms with E-state index < -0.39 is 11.7 Å². The minimum absolute atomic E-state index is 0.236. The first-order valence-electron chi connectivity index (χ1n) is 8.79. The number of halogens is 1. The van der Waals surface area contributed by atoms with Crippen molar-refractivity contribution in [3.8, 4) is 5.75 Å². The maximum Gasteiger partial charge on any atom is 0.271 e. The predicted octanol–water partition coefficient (Wildman–Crippen LogP) is 3.58. The molecule has 0 saturated heterocycles. The zero-order chi connectivity index (χ0) is 19.9. The van der Waals surface area contributed by atoms with Crippen molar-refractivity contribution < 1.29 is 19.2 Å². The molecule has 28 heavy (non-hydrogen) atoms. The van der Waals surface area contributed by atoms with Crippen molar-refractivity contribution in [2.75, 3.05) is 10.6 Å². The first-order chi connectivity index (χ1) is 13.4. The van der Waals surface area contributed by atoms with E-state index in [0.29, 0.717) is 27.9 Å². The molecule has 0 fully saturated rings. The Kier molecular flexibility index (Phi) is 4.47. The van der Waals surface area contributed by atoms with Gasteiger partial charge in [0.1, 0.15) is 5.75 Å². The quantitative estimate of drug-likeness (QED) is 0.825. The Balaban J connectivity index is 1.48. The average molecular weight is 400 g/mol. The van der Waals surface area contributed by atoms with Crippen LogP contribution in [0, 0.1) is 0 Å². The lowest BCUT2D eigenvalue weighted by molar-refractivity contribution is -0.135. The third-order valence-corrected chi connectivity index (χ3v) is 5.03. The van der Waals surface area contributed by atoms with Crippen LogP contribution in [0.1, 0.15) is 25.8 Å². The summed E-state index contributed by atoms with van der Waals surface area (Å²) >= 11 is 6.21. The predicted molar refractivity (Wildman–Crippen MR) is 106 cm³/mol. The molecular weight excluding hydrogens is 382 g/mol. The highest BCUT2D eigenvalue weighted by molar-refractivity contribution is 6.34. The van der Waals surface area contributed by atoms with E-state index in [1.165, 1.54) is 0 Å². The fourth-order valence-corrected chi connectivity index (χ4v) is 3.30. The second-order valence-electron chi connectivity index (χ2n) is 6.93. The average Bonchev–Trinajstić information content (AvgIpc) is 3.07. The molecule has 2 unspecified atom stereocenters. The van der Waals surface area contributed by atoms with E-state index in [1.807, 2.05) is 18.2 Å². The molecule has 7 nitrogen and oxygen atoms in total. The number of hydrogen-bond donors (Lipinski definition) is 2. The summed E-state index contributed by atoms with van der Waals surface area (Å²) in [5.74, 6) is -0.0349. The van der Waals surface area contributed by atoms with Crippen LogP contribution in [0.5, 0.6) is 5.75 Å². The standard InChI is InChI=1S/C20H18ClN3O4/c1-11-18(25)23-15-9-12(7-8-17(15)27-11)22-19(26)20(2)10-16(24-28-20)13-5-3-4-6-14(13)21/h3-9,11H,10H2,1-2H3,(H,22,26)(H,23,25). The summed E-state index contributed by atoms with van der Waals surface area (Å²) < 4.78 is 5.52. The molecule has 2 amide bonds. The van der Waals surface area contributed by atoms with Crippen LogP contribution in [0.15, 0.2) is 47.6 Å². The Labute approximate surface area is 166 Å². The van der Waals surface area contributed by atoms with Gasteiger partial charge >= 0.3 is 0 Å². The van der Waals surface area contributed by atoms with Crippen molar-refractivity contribution in [3.63, 3.8) is 0 Å². The van der Waals surface area contributed by atoms with Gasteiger partial charge < -0.3 is 20.2 Å². The van der Waals surface area contributed by atoms with Crippen molar-refractivity contribution in [2.24, 2.45) is 5.16 Å². The van der Waals surface area contributed by atoms with E-state index >= 15 is 0 Å². The zero-order valence-corrected chi connectivity index (χ0v) is 16.0. The lowest BCUT2D eigenvalue weighted by atomic mass is 9.95. The van der Waals surface area contributed by atoms with Crippen LogP contribution in [-0.4, -0.2) is 29.2 Å². The van der Waals surface area contributed by atoms with Crippen molar-refractivity contribution in [2.45, 2.75) is 32.0 Å². The summed E-state index contributed by atoms with van der Waals surface area (Å²) in [6, 6.07) is 12.3. The van der Waals surface area contributed by atoms with Crippen LogP contribution < -0.4 is 15.4 Å². The summed E-state index contributed by atoms with van der Waals surface area (Å²) in [5.41, 5.74) is 1.20. The summed E-state index contributed by atoms with van der Waals surface area (Å²) in [7, 11) is 0. The molecule has 0 bridgehead atoms. The Morgan fingerprint density at radius 2 is 2.11 bits per heavy atom. The number of carbonyl (C=O) groups is 2. The molecule has 0 spiro atoms. The molecule has 0 radical (unpaired) electrons. The van der Waals surface area contributed by atoms with Gasteiger partial charge in [0.15, 0.2) is 6.10 Å². The largest absolute Gasteiger partial charge is 0.479 e. The number of benzene rings is 2. The summed E-state index contributed by atoms with van der Waals surface area (Å²) in [6.45, 7) is 3.34. The number of ether oxygens (including phenoxy) is 1. The molecule has 2 heterocycles. The van der Waals surface area contributed by atoms with Crippen LogP contribution in [0.3, 0.4) is 0 Å². The lowest BCUT2D eigenvalue weighted by Gasteiger charge is -2.24. The van der Waals surface area contributed by atoms with Crippen molar-refractivity contribution in [1.82, 2.24) is 0 Å². The molecule has 2 aliphatic rings. The minimum atomic E-state index is -1.17. The van der Waals surface area contributed by atoms with Crippen molar-refractivity contribution in [3.05, 3.63) is 53.1 Å². The van der Waals surface area contributed by atoms with Gasteiger partial charge in [0.2, 0.25) is 5.60 Å². The number of nitrogens with one attached hydrogen (secondary N) is 2. The number of hydrogen-bond acceptors (Lipinski definition) is 5. The monoisotopic (exact) mass is 399 g/mol. The number of oxime groups is 1. The first-order valence-corrected chi connectivity index (χ1v) is 9.16. The number of carbonyl (C=O) groups excluding carboxylic acids is 2. The number of fused-ring (bicyclic) bond motifs is 1. The van der Waals surface area contributed by atoms with Gasteiger partial charge in [-0.1, -0.05) is 35.0 Å². The van der Waals surface area contributed by atoms with Crippen LogP contribution in [0.4, 0.5) is 11.4 Å². The molecule has 8 heteroatoms. The minimum Gasteiger partial charge on any atom is -0.479 e. The number of anilines is 2. The normalized spacial score (nSPS) is 23.0. The Bertz CT molecular complexity index is 1010. The highest BCUT2D eigenvalue weighted by Gasteiger charge is 2.42. The van der Waals surface area contributed by atoms with Gasteiger partial charge in [-0.15, -0.1) is 0 Å². The maximum atomic E-state index is 12.8. The first kappa shape index (κ1) is 18.3. The number of amides is 2. The third kappa shape index (κ3) is 3.29. The third-order valence-electron chi connectivity index (χ3n) is 4.70. The summed E-state index contributed by atoms with van der Waals surface area (Å²) in [6.07, 6.45) is -0.274. The number of rotatable bonds is 3. The topological polar surface area (TPSA) is 89.0 Å². The zero-order valence-electron chi connectivity index (χ0n) is 15.3. The molecule has 144 valence electrons. The molecule has 0 aliphatic carbocycles. The molecule has 0 aromatic heterocycles. The number of nitrogens with zero attached hydrogens (tertiary/aromatic N) is 1. The van der Waals surface area contributed by atoms with Gasteiger partial charge in [-0.05, 0) is 38.1 Å². The second-order valence-corrected chi connectivity index (χ2v) is 7.34. The summed E-state index contributed by atoms with van der Waals surface area (Å²) in [4.78, 5) is 30.1. The van der Waals surface area contributed by atoms with Gasteiger partial charge in [0.25, 0.3) is 11.8 Å². The molecule has 2 N–H and O–H groups in total. The van der Waals surface area contributed by atoms with Crippen LogP contribution in [0.2, 0.25) is 5.02 Å². The van der Waals surface area contributed by atoms with E-state index in [9.17, 15) is 9.59 Å². The SMILES string of the molecule is CC1Oc2ccc(NC(=O)C3(C)CC(c4ccccc4Cl)=NO3)cc2NC1=O. The van der Waals surface area contributed by atoms with Crippen LogP contribution in [-0.2, 0) is 14.4 Å². The molecule has 2 aromatic rings. The van der Waals surface area contributed by atoms with E-state index in [2.05, 4.69) is 15.8 Å². The molecule has 2 atom stereocenters. The van der Waals surface area contributed by atoms with Crippen LogP contribution in [0.25, 0.3) is 0 Å². The van der Waals surface area contributed by atoms with E-state index in [-0.39, 0.29) is 18.2 Å². The Morgan fingerprint density at radius 1 is 1.32 bits per heavy atom. The molecule has 2 aliphatic heterocycles. The second kappa shape index (κ2) is 6.83. The van der Waals surface area contributed by atoms with Gasteiger partial charge in [0, 0.05) is 22.7 Å². The van der Waals surface area contributed by atoms with Crippen LogP contribution >= 0.6 is 11.6 Å². The van der Waals surface area contributed by atoms with Crippen molar-refractivity contribution in [1.29, 1.82) is 0 Å². The molecule has 4 rings (SSSR count). The molecule has 0 saturated carbocycles. The molecule has 2 aromatic carbocycles. The van der Waals surface area contributed by atoms with Gasteiger partial charge in [-0.25, -0.2) is 0 Å². The van der Waals surface area contributed by atoms with Gasteiger partial charge in [-0.2, -0.15) is 0 Å². The fraction of sp³-hybridized carbons (Fsp3) is 0.250. The smallest absolute Gasteiger partial charge is 0.271 e. The van der Waals surface area contributed by atoms with Gasteiger partial charge in [-0.3, -0.25) is 9.59 Å². The van der Waals surface area contributed by atoms with E-state index in [1.54, 1.807) is 38.1 Å². The fourth-order valence-electron chi connectivity index (χ4n) is 3.05. The highest BCUT2D eigenvalue weighted by atomic mass is 35.5. The lowest BCUT2D eigenvalue weighted by Crippen LogP contribution is -2.40. The Morgan fingerprint density at radius 3 is 2.89 bits per heavy atom. The molecular formula is C20H18ClN3O4.